The van der Waals surface area contributed by atoms with Gasteiger partial charge in [0, 0.05) is 12.1 Å². The van der Waals surface area contributed by atoms with Crippen molar-refractivity contribution in [3.05, 3.63) is 0 Å². The third-order valence-corrected chi connectivity index (χ3v) is 2.48. The Bertz CT molecular complexity index is 67.5. The predicted octanol–water partition coefficient (Wildman–Crippen LogP) is -0.0743. The monoisotopic (exact) mass is 149 g/mol. The number of hydrogen-bond donors (Lipinski definition) is 1. The van der Waals surface area contributed by atoms with Gasteiger partial charge in [0.05, 0.1) is 0 Å². The Kier molecular flexibility index (Phi) is 4.33. The topological polar surface area (TPSA) is 4.44 Å². The lowest BCUT2D eigenvalue weighted by molar-refractivity contribution is -0.830. The summed E-state index contributed by atoms with van der Waals surface area (Å²) in [6.07, 6.45) is 0. The Labute approximate surface area is 63.6 Å². The summed E-state index contributed by atoms with van der Waals surface area (Å²) in [4.78, 5) is 1.58. The zero-order chi connectivity index (χ0) is 7.44. The first kappa shape index (κ1) is 9.31. The van der Waals surface area contributed by atoms with Gasteiger partial charge in [-0.15, -0.1) is 0 Å². The molecule has 0 aliphatic carbocycles. The first-order valence-electron chi connectivity index (χ1n) is 3.76. The molecule has 9 heavy (non-hydrogen) atoms. The molecule has 0 heterocycles. The maximum Gasteiger partial charge on any atom is 0.265 e. The van der Waals surface area contributed by atoms with Crippen LogP contribution >= 0.6 is 11.5 Å². The van der Waals surface area contributed by atoms with Crippen molar-refractivity contribution in [1.82, 2.24) is 0 Å². The first-order chi connectivity index (χ1) is 4.09. The number of nitrogens with one attached hydrogen (secondary N) is 1. The van der Waals surface area contributed by atoms with E-state index >= 15 is 0 Å². The highest BCUT2D eigenvalue weighted by atomic mass is 35.5. The lowest BCUT2D eigenvalue weighted by Crippen LogP contribution is -3.18. The Balaban J connectivity index is 3.68. The zero-order valence-corrected chi connectivity index (χ0v) is 7.79. The van der Waals surface area contributed by atoms with E-state index in [4.69, 9.17) is 11.5 Å². The van der Waals surface area contributed by atoms with Crippen molar-refractivity contribution in [2.45, 2.75) is 39.8 Å². The van der Waals surface area contributed by atoms with Crippen molar-refractivity contribution < 1.29 is 4.81 Å². The second-order valence-electron chi connectivity index (χ2n) is 3.24. The Morgan fingerprint density at radius 2 is 1.44 bits per heavy atom. The van der Waals surface area contributed by atoms with Crippen LogP contribution in [0.2, 0.25) is 0 Å². The first-order valence-corrected chi connectivity index (χ1v) is 4.52. The van der Waals surface area contributed by atoms with Gasteiger partial charge in [-0.05, 0) is 27.7 Å². The third-order valence-electron chi connectivity index (χ3n) is 2.04. The molecule has 1 N–H and O–H groups in total. The molecule has 0 aliphatic heterocycles. The van der Waals surface area contributed by atoms with Crippen molar-refractivity contribution in [3.63, 3.8) is 0 Å². The Hall–Kier alpha value is 0.315. The van der Waals surface area contributed by atoms with E-state index in [9.17, 15) is 0 Å². The van der Waals surface area contributed by atoms with Gasteiger partial charge in [0.1, 0.15) is 0 Å². The minimum absolute atomic E-state index is 0.269. The van der Waals surface area contributed by atoms with Crippen LogP contribution in [0.5, 0.6) is 0 Å². The van der Waals surface area contributed by atoms with Crippen LogP contribution in [0.15, 0.2) is 0 Å². The van der Waals surface area contributed by atoms with Crippen molar-refractivity contribution in [2.75, 3.05) is 0 Å². The molecule has 0 saturated carbocycles. The number of hydrogen-bond acceptors (Lipinski definition) is 0. The van der Waals surface area contributed by atoms with Crippen LogP contribution in [-0.2, 0) is 0 Å². The lowest BCUT2D eigenvalue weighted by Gasteiger charge is -2.32. The van der Waals surface area contributed by atoms with Gasteiger partial charge in [-0.1, -0.05) is 0 Å². The fourth-order valence-corrected chi connectivity index (χ4v) is 1.98. The van der Waals surface area contributed by atoms with Crippen LogP contribution in [-0.4, -0.2) is 18.9 Å². The summed E-state index contributed by atoms with van der Waals surface area (Å²) in [5.74, 6) is 0. The van der Waals surface area contributed by atoms with Crippen LogP contribution in [0.1, 0.15) is 27.7 Å². The smallest absolute Gasteiger partial charge is 0.265 e. The molecule has 0 aromatic heterocycles. The Morgan fingerprint density at radius 3 is 1.44 bits per heavy atom. The van der Waals surface area contributed by atoms with E-state index < -0.39 is 0 Å². The molecule has 56 valence electrons. The SMILES string of the molecule is CC(C)[NH+]([BH2-]Cl)C(C)C. The van der Waals surface area contributed by atoms with Crippen molar-refractivity contribution in [2.24, 2.45) is 0 Å². The van der Waals surface area contributed by atoms with Crippen LogP contribution in [0, 0.1) is 0 Å². The molecule has 0 bridgehead atoms. The third kappa shape index (κ3) is 3.12. The average Bonchev–Trinajstić information content (AvgIpc) is 1.64. The minimum atomic E-state index is -0.269. The second-order valence-corrected chi connectivity index (χ2v) is 3.62. The summed E-state index contributed by atoms with van der Waals surface area (Å²) >= 11 is 5.85. The zero-order valence-electron chi connectivity index (χ0n) is 7.03. The van der Waals surface area contributed by atoms with E-state index in [1.165, 1.54) is 0 Å². The van der Waals surface area contributed by atoms with E-state index in [2.05, 4.69) is 27.7 Å². The van der Waals surface area contributed by atoms with Crippen molar-refractivity contribution in [1.29, 1.82) is 0 Å². The van der Waals surface area contributed by atoms with Crippen molar-refractivity contribution in [3.8, 4) is 0 Å². The molecule has 0 saturated heterocycles. The molecule has 1 nitrogen and oxygen atoms in total. The van der Waals surface area contributed by atoms with Crippen LogP contribution in [0.3, 0.4) is 0 Å². The van der Waals surface area contributed by atoms with Gasteiger partial charge in [0.15, 0.2) is 0 Å². The molecular formula is C6H17BClN. The van der Waals surface area contributed by atoms with Gasteiger partial charge < -0.3 is 16.3 Å². The maximum atomic E-state index is 5.85. The maximum absolute atomic E-state index is 5.85. The highest BCUT2D eigenvalue weighted by molar-refractivity contribution is 6.88. The number of halogens is 1. The fourth-order valence-electron chi connectivity index (χ4n) is 1.10. The van der Waals surface area contributed by atoms with E-state index in [0.717, 1.165) is 0 Å². The van der Waals surface area contributed by atoms with E-state index in [-0.39, 0.29) is 6.83 Å². The standard InChI is InChI=1S/C6H17BClN/c1-5(2)9(7-8)6(3)4/h5-6,9H,7H2,1-4H3. The second kappa shape index (κ2) is 4.18. The van der Waals surface area contributed by atoms with Crippen molar-refractivity contribution >= 4 is 18.3 Å². The van der Waals surface area contributed by atoms with Gasteiger partial charge in [-0.3, -0.25) is 0 Å². The average molecular weight is 149 g/mol. The fraction of sp³-hybridized carbons (Fsp3) is 1.00. The highest BCUT2D eigenvalue weighted by Crippen LogP contribution is 1.75. The number of quaternary nitrogens is 1. The Morgan fingerprint density at radius 1 is 1.11 bits per heavy atom. The van der Waals surface area contributed by atoms with E-state index in [1.54, 1.807) is 4.81 Å². The van der Waals surface area contributed by atoms with Gasteiger partial charge in [0.2, 0.25) is 0 Å². The van der Waals surface area contributed by atoms with Gasteiger partial charge in [0.25, 0.3) is 6.83 Å². The number of rotatable bonds is 3. The summed E-state index contributed by atoms with van der Waals surface area (Å²) in [6.45, 7) is 8.63. The van der Waals surface area contributed by atoms with Gasteiger partial charge >= 0.3 is 0 Å². The predicted molar refractivity (Wildman–Crippen MR) is 45.6 cm³/mol. The van der Waals surface area contributed by atoms with E-state index in [0.29, 0.717) is 12.1 Å². The molecule has 0 rings (SSSR count). The molecule has 0 aliphatic rings. The largest absolute Gasteiger partial charge is 0.514 e. The van der Waals surface area contributed by atoms with Gasteiger partial charge in [-0.2, -0.15) is 0 Å². The molecule has 0 aromatic rings. The summed E-state index contributed by atoms with van der Waals surface area (Å²) in [7, 11) is 0. The van der Waals surface area contributed by atoms with Crippen LogP contribution in [0.4, 0.5) is 0 Å². The molecule has 0 aromatic carbocycles. The van der Waals surface area contributed by atoms with E-state index in [1.807, 2.05) is 0 Å². The lowest BCUT2D eigenvalue weighted by atomic mass is 10.1. The van der Waals surface area contributed by atoms with Crippen LogP contribution < -0.4 is 4.81 Å². The molecule has 0 spiro atoms. The summed E-state index contributed by atoms with van der Waals surface area (Å²) in [5.41, 5.74) is 0. The highest BCUT2D eigenvalue weighted by Gasteiger charge is 2.08. The quantitative estimate of drug-likeness (QED) is 0.536. The molecular weight excluding hydrogens is 132 g/mol. The molecule has 3 heteroatoms. The molecule has 0 amide bonds. The molecule has 0 radical (unpaired) electrons. The summed E-state index contributed by atoms with van der Waals surface area (Å²) in [6, 6.07) is 1.39. The summed E-state index contributed by atoms with van der Waals surface area (Å²) in [5, 5.41) is 0. The molecule has 0 unspecified atom stereocenters. The minimum Gasteiger partial charge on any atom is -0.514 e. The normalized spacial score (nSPS) is 12.0. The summed E-state index contributed by atoms with van der Waals surface area (Å²) < 4.78 is 0. The molecule has 0 fully saturated rings. The molecule has 0 atom stereocenters. The van der Waals surface area contributed by atoms with Crippen LogP contribution in [0.25, 0.3) is 0 Å². The van der Waals surface area contributed by atoms with Gasteiger partial charge in [-0.25, -0.2) is 0 Å².